The molecule has 5 heteroatoms. The number of carbonyl (C=O) groups is 1. The predicted molar refractivity (Wildman–Crippen MR) is 61.1 cm³/mol. The first kappa shape index (κ1) is 10.8. The van der Waals surface area contributed by atoms with Crippen LogP contribution in [0.3, 0.4) is 0 Å². The van der Waals surface area contributed by atoms with Crippen molar-refractivity contribution in [3.8, 4) is 0 Å². The van der Waals surface area contributed by atoms with Crippen LogP contribution in [0.15, 0.2) is 18.5 Å². The molecule has 1 N–H and O–H groups in total. The Morgan fingerprint density at radius 1 is 1.47 bits per heavy atom. The normalized spacial score (nSPS) is 22.3. The molecule has 0 bridgehead atoms. The van der Waals surface area contributed by atoms with E-state index in [2.05, 4.69) is 5.10 Å². The highest BCUT2D eigenvalue weighted by Gasteiger charge is 2.52. The van der Waals surface area contributed by atoms with Crippen molar-refractivity contribution in [2.45, 2.75) is 31.4 Å². The van der Waals surface area contributed by atoms with E-state index in [0.29, 0.717) is 32.0 Å². The van der Waals surface area contributed by atoms with Crippen LogP contribution in [0.5, 0.6) is 0 Å². The maximum Gasteiger partial charge on any atom is 0.224 e. The molecule has 3 rings (SSSR count). The van der Waals surface area contributed by atoms with Crippen LogP contribution in [0.4, 0.5) is 0 Å². The summed E-state index contributed by atoms with van der Waals surface area (Å²) in [6.45, 7) is 1.66. The summed E-state index contributed by atoms with van der Waals surface area (Å²) in [5, 5.41) is 14.2. The van der Waals surface area contributed by atoms with E-state index in [-0.39, 0.29) is 5.91 Å². The van der Waals surface area contributed by atoms with Crippen LogP contribution in [0.25, 0.3) is 0 Å². The van der Waals surface area contributed by atoms with E-state index in [1.165, 1.54) is 0 Å². The molecule has 1 aromatic rings. The summed E-state index contributed by atoms with van der Waals surface area (Å²) in [7, 11) is 0. The molecule has 1 amide bonds. The highest BCUT2D eigenvalue weighted by atomic mass is 16.3. The van der Waals surface area contributed by atoms with Gasteiger partial charge in [-0.05, 0) is 24.8 Å². The summed E-state index contributed by atoms with van der Waals surface area (Å²) in [5.74, 6) is 0.559. The molecule has 0 unspecified atom stereocenters. The number of aliphatic hydroxyl groups is 1. The van der Waals surface area contributed by atoms with Gasteiger partial charge in [0.2, 0.25) is 5.91 Å². The van der Waals surface area contributed by atoms with E-state index in [9.17, 15) is 9.90 Å². The molecule has 92 valence electrons. The second kappa shape index (κ2) is 3.84. The fourth-order valence-electron chi connectivity index (χ4n) is 2.47. The summed E-state index contributed by atoms with van der Waals surface area (Å²) in [6, 6.07) is 1.85. The SMILES string of the molecule is O=C(CCn1cccn1)N1CC(O)(C2CC2)C1. The number of rotatable bonds is 4. The average Bonchev–Trinajstić information content (AvgIpc) is 3.00. The summed E-state index contributed by atoms with van der Waals surface area (Å²) >= 11 is 0. The Balaban J connectivity index is 1.45. The molecule has 2 aliphatic rings. The Hall–Kier alpha value is -1.36. The van der Waals surface area contributed by atoms with Gasteiger partial charge in [-0.2, -0.15) is 5.10 Å². The minimum absolute atomic E-state index is 0.117. The van der Waals surface area contributed by atoms with Gasteiger partial charge < -0.3 is 10.0 Å². The lowest BCUT2D eigenvalue weighted by atomic mass is 9.88. The van der Waals surface area contributed by atoms with Gasteiger partial charge in [0.15, 0.2) is 0 Å². The Morgan fingerprint density at radius 3 is 2.82 bits per heavy atom. The number of likely N-dealkylation sites (tertiary alicyclic amines) is 1. The second-order valence-corrected chi connectivity index (χ2v) is 5.15. The van der Waals surface area contributed by atoms with Crippen molar-refractivity contribution in [1.29, 1.82) is 0 Å². The molecule has 2 fully saturated rings. The van der Waals surface area contributed by atoms with Crippen molar-refractivity contribution < 1.29 is 9.90 Å². The third-order valence-electron chi connectivity index (χ3n) is 3.73. The van der Waals surface area contributed by atoms with Gasteiger partial charge in [-0.3, -0.25) is 9.48 Å². The Bertz CT molecular complexity index is 405. The fourth-order valence-corrected chi connectivity index (χ4v) is 2.47. The topological polar surface area (TPSA) is 58.4 Å². The molecule has 0 aromatic carbocycles. The molecular formula is C12H17N3O2. The molecule has 0 spiro atoms. The molecule has 1 aromatic heterocycles. The monoisotopic (exact) mass is 235 g/mol. The first-order valence-electron chi connectivity index (χ1n) is 6.15. The van der Waals surface area contributed by atoms with Gasteiger partial charge in [0.25, 0.3) is 0 Å². The lowest BCUT2D eigenvalue weighted by Crippen LogP contribution is -2.64. The van der Waals surface area contributed by atoms with Crippen LogP contribution < -0.4 is 0 Å². The number of β-amino-alcohol motifs (C(OH)–C–C–N with tert-alkyl or cyclic N) is 1. The van der Waals surface area contributed by atoms with E-state index < -0.39 is 5.60 Å². The van der Waals surface area contributed by atoms with Gasteiger partial charge in [-0.15, -0.1) is 0 Å². The highest BCUT2D eigenvalue weighted by Crippen LogP contribution is 2.44. The Labute approximate surface area is 100 Å². The van der Waals surface area contributed by atoms with Crippen molar-refractivity contribution >= 4 is 5.91 Å². The van der Waals surface area contributed by atoms with Crippen LogP contribution >= 0.6 is 0 Å². The highest BCUT2D eigenvalue weighted by molar-refractivity contribution is 5.77. The molecular weight excluding hydrogens is 218 g/mol. The number of aromatic nitrogens is 2. The molecule has 2 heterocycles. The molecule has 1 aliphatic carbocycles. The van der Waals surface area contributed by atoms with Crippen molar-refractivity contribution in [3.05, 3.63) is 18.5 Å². The van der Waals surface area contributed by atoms with Crippen LogP contribution in [-0.2, 0) is 11.3 Å². The van der Waals surface area contributed by atoms with Gasteiger partial charge >= 0.3 is 0 Å². The number of amides is 1. The summed E-state index contributed by atoms with van der Waals surface area (Å²) in [4.78, 5) is 13.6. The zero-order valence-corrected chi connectivity index (χ0v) is 9.75. The van der Waals surface area contributed by atoms with Gasteiger partial charge in [-0.1, -0.05) is 0 Å². The Morgan fingerprint density at radius 2 is 2.24 bits per heavy atom. The van der Waals surface area contributed by atoms with Crippen LogP contribution in [0.2, 0.25) is 0 Å². The molecule has 17 heavy (non-hydrogen) atoms. The lowest BCUT2D eigenvalue weighted by Gasteiger charge is -2.47. The standard InChI is InChI=1S/C12H17N3O2/c16-11(4-7-15-6-1-5-13-15)14-8-12(17,9-14)10-2-3-10/h1,5-6,10,17H,2-4,7-9H2. The first-order chi connectivity index (χ1) is 8.17. The van der Waals surface area contributed by atoms with Crippen molar-refractivity contribution in [1.82, 2.24) is 14.7 Å². The zero-order valence-electron chi connectivity index (χ0n) is 9.75. The van der Waals surface area contributed by atoms with E-state index in [1.807, 2.05) is 12.3 Å². The van der Waals surface area contributed by atoms with Crippen LogP contribution in [0.1, 0.15) is 19.3 Å². The molecule has 1 saturated heterocycles. The van der Waals surface area contributed by atoms with Crippen molar-refractivity contribution in [3.63, 3.8) is 0 Å². The minimum Gasteiger partial charge on any atom is -0.386 e. The van der Waals surface area contributed by atoms with Gasteiger partial charge in [-0.25, -0.2) is 0 Å². The van der Waals surface area contributed by atoms with Crippen molar-refractivity contribution in [2.75, 3.05) is 13.1 Å². The number of nitrogens with zero attached hydrogens (tertiary/aromatic N) is 3. The predicted octanol–water partition coefficient (Wildman–Crippen LogP) is 0.256. The minimum atomic E-state index is -0.568. The number of carbonyl (C=O) groups excluding carboxylic acids is 1. The van der Waals surface area contributed by atoms with Gasteiger partial charge in [0.1, 0.15) is 5.60 Å². The fraction of sp³-hybridized carbons (Fsp3) is 0.667. The van der Waals surface area contributed by atoms with E-state index in [4.69, 9.17) is 0 Å². The summed E-state index contributed by atoms with van der Waals surface area (Å²) < 4.78 is 1.75. The smallest absolute Gasteiger partial charge is 0.224 e. The van der Waals surface area contributed by atoms with E-state index >= 15 is 0 Å². The number of aryl methyl sites for hydroxylation is 1. The largest absolute Gasteiger partial charge is 0.386 e. The first-order valence-corrected chi connectivity index (χ1v) is 6.15. The Kier molecular flexibility index (Phi) is 2.43. The van der Waals surface area contributed by atoms with E-state index in [0.717, 1.165) is 12.8 Å². The van der Waals surface area contributed by atoms with Gasteiger partial charge in [0.05, 0.1) is 13.1 Å². The second-order valence-electron chi connectivity index (χ2n) is 5.15. The number of hydrogen-bond donors (Lipinski definition) is 1. The van der Waals surface area contributed by atoms with Crippen LogP contribution in [-0.4, -0.2) is 44.4 Å². The molecule has 0 radical (unpaired) electrons. The van der Waals surface area contributed by atoms with Crippen molar-refractivity contribution in [2.24, 2.45) is 5.92 Å². The molecule has 5 nitrogen and oxygen atoms in total. The molecule has 1 aliphatic heterocycles. The molecule has 1 saturated carbocycles. The van der Waals surface area contributed by atoms with E-state index in [1.54, 1.807) is 15.8 Å². The third-order valence-corrected chi connectivity index (χ3v) is 3.73. The lowest BCUT2D eigenvalue weighted by molar-refractivity contribution is -0.159. The molecule has 0 atom stereocenters. The third kappa shape index (κ3) is 2.07. The maximum absolute atomic E-state index is 11.8. The number of hydrogen-bond acceptors (Lipinski definition) is 3. The maximum atomic E-state index is 11.8. The summed E-state index contributed by atoms with van der Waals surface area (Å²) in [5.41, 5.74) is -0.568. The van der Waals surface area contributed by atoms with Crippen LogP contribution in [0, 0.1) is 5.92 Å². The quantitative estimate of drug-likeness (QED) is 0.814. The van der Waals surface area contributed by atoms with Gasteiger partial charge in [0, 0.05) is 25.4 Å². The summed E-state index contributed by atoms with van der Waals surface area (Å²) in [6.07, 6.45) is 6.25. The zero-order chi connectivity index (χ0) is 11.9. The average molecular weight is 235 g/mol.